The van der Waals surface area contributed by atoms with E-state index in [9.17, 15) is 9.59 Å². The minimum atomic E-state index is -0.308. The summed E-state index contributed by atoms with van der Waals surface area (Å²) in [7, 11) is 1.86. The third-order valence-corrected chi connectivity index (χ3v) is 3.09. The molecule has 1 saturated heterocycles. The monoisotopic (exact) mass is 242 g/mol. The first-order valence-corrected chi connectivity index (χ1v) is 6.00. The van der Waals surface area contributed by atoms with Gasteiger partial charge < -0.3 is 16.4 Å². The molecule has 1 unspecified atom stereocenters. The van der Waals surface area contributed by atoms with Gasteiger partial charge in [-0.1, -0.05) is 0 Å². The third-order valence-electron chi connectivity index (χ3n) is 3.09. The van der Waals surface area contributed by atoms with Crippen molar-refractivity contribution in [2.45, 2.75) is 12.8 Å². The summed E-state index contributed by atoms with van der Waals surface area (Å²) in [4.78, 5) is 26.7. The van der Waals surface area contributed by atoms with Gasteiger partial charge in [0.15, 0.2) is 0 Å². The van der Waals surface area contributed by atoms with Crippen LogP contribution in [-0.4, -0.2) is 61.4 Å². The van der Waals surface area contributed by atoms with Gasteiger partial charge in [-0.25, -0.2) is 0 Å². The van der Waals surface area contributed by atoms with Crippen LogP contribution in [0.5, 0.6) is 0 Å². The molecule has 98 valence electrons. The number of primary amides is 1. The number of nitrogens with zero attached hydrogens (tertiary/aromatic N) is 2. The van der Waals surface area contributed by atoms with Crippen molar-refractivity contribution in [1.82, 2.24) is 9.80 Å². The molecule has 0 spiro atoms. The quantitative estimate of drug-likeness (QED) is 0.620. The van der Waals surface area contributed by atoms with E-state index < -0.39 is 0 Å². The highest BCUT2D eigenvalue weighted by Gasteiger charge is 2.27. The molecule has 0 saturated carbocycles. The molecule has 0 radical (unpaired) electrons. The van der Waals surface area contributed by atoms with E-state index in [1.165, 1.54) is 0 Å². The molecule has 0 bridgehead atoms. The van der Waals surface area contributed by atoms with Crippen LogP contribution in [0.1, 0.15) is 12.8 Å². The number of rotatable bonds is 5. The first kappa shape index (κ1) is 13.9. The fourth-order valence-corrected chi connectivity index (χ4v) is 2.07. The van der Waals surface area contributed by atoms with Crippen molar-refractivity contribution in [2.75, 3.05) is 39.8 Å². The summed E-state index contributed by atoms with van der Waals surface area (Å²) >= 11 is 0. The Balaban J connectivity index is 2.43. The van der Waals surface area contributed by atoms with Gasteiger partial charge in [0.2, 0.25) is 11.8 Å². The Labute approximate surface area is 102 Å². The highest BCUT2D eigenvalue weighted by atomic mass is 16.2. The standard InChI is InChI=1S/C11H22N4O2/c1-14(6-4-12)8-10(16)15-5-2-3-9(7-15)11(13)17/h9H,2-8,12H2,1H3,(H2,13,17). The number of likely N-dealkylation sites (N-methyl/N-ethyl adjacent to an activating group) is 1. The maximum Gasteiger partial charge on any atom is 0.236 e. The van der Waals surface area contributed by atoms with Crippen LogP contribution in [0.25, 0.3) is 0 Å². The zero-order chi connectivity index (χ0) is 12.8. The van der Waals surface area contributed by atoms with E-state index in [-0.39, 0.29) is 17.7 Å². The normalized spacial score (nSPS) is 20.6. The minimum absolute atomic E-state index is 0.0481. The summed E-state index contributed by atoms with van der Waals surface area (Å²) < 4.78 is 0. The van der Waals surface area contributed by atoms with Crippen molar-refractivity contribution < 1.29 is 9.59 Å². The Morgan fingerprint density at radius 3 is 2.76 bits per heavy atom. The van der Waals surface area contributed by atoms with Gasteiger partial charge in [0.25, 0.3) is 0 Å². The summed E-state index contributed by atoms with van der Waals surface area (Å²) in [6, 6.07) is 0. The van der Waals surface area contributed by atoms with E-state index >= 15 is 0 Å². The lowest BCUT2D eigenvalue weighted by molar-refractivity contribution is -0.135. The van der Waals surface area contributed by atoms with Crippen molar-refractivity contribution >= 4 is 11.8 Å². The zero-order valence-corrected chi connectivity index (χ0v) is 10.4. The molecule has 2 amide bonds. The van der Waals surface area contributed by atoms with Crippen LogP contribution in [0, 0.1) is 5.92 Å². The molecular weight excluding hydrogens is 220 g/mol. The predicted octanol–water partition coefficient (Wildman–Crippen LogP) is -1.40. The summed E-state index contributed by atoms with van der Waals surface area (Å²) in [5, 5.41) is 0. The number of carbonyl (C=O) groups is 2. The van der Waals surface area contributed by atoms with Crippen molar-refractivity contribution in [3.63, 3.8) is 0 Å². The molecule has 17 heavy (non-hydrogen) atoms. The van der Waals surface area contributed by atoms with Gasteiger partial charge in [-0.3, -0.25) is 14.5 Å². The number of hydrogen-bond donors (Lipinski definition) is 2. The van der Waals surface area contributed by atoms with Gasteiger partial charge in [-0.15, -0.1) is 0 Å². The van der Waals surface area contributed by atoms with E-state index in [2.05, 4.69) is 0 Å². The first-order valence-electron chi connectivity index (χ1n) is 6.00. The molecule has 1 aliphatic rings. The summed E-state index contributed by atoms with van der Waals surface area (Å²) in [5.74, 6) is -0.447. The number of likely N-dealkylation sites (tertiary alicyclic amines) is 1. The molecule has 1 fully saturated rings. The van der Waals surface area contributed by atoms with Gasteiger partial charge in [0.1, 0.15) is 0 Å². The lowest BCUT2D eigenvalue weighted by Crippen LogP contribution is -2.47. The molecule has 6 nitrogen and oxygen atoms in total. The van der Waals surface area contributed by atoms with Crippen molar-refractivity contribution in [1.29, 1.82) is 0 Å². The lowest BCUT2D eigenvalue weighted by atomic mass is 9.97. The predicted molar refractivity (Wildman–Crippen MR) is 65.0 cm³/mol. The Bertz CT molecular complexity index is 283. The van der Waals surface area contributed by atoms with E-state index in [0.717, 1.165) is 19.4 Å². The van der Waals surface area contributed by atoms with Crippen LogP contribution in [0.4, 0.5) is 0 Å². The van der Waals surface area contributed by atoms with Crippen molar-refractivity contribution in [3.05, 3.63) is 0 Å². The smallest absolute Gasteiger partial charge is 0.236 e. The highest BCUT2D eigenvalue weighted by Crippen LogP contribution is 2.16. The Kier molecular flexibility index (Phi) is 5.37. The molecule has 4 N–H and O–H groups in total. The SMILES string of the molecule is CN(CCN)CC(=O)N1CCCC(C(N)=O)C1. The Morgan fingerprint density at radius 1 is 1.47 bits per heavy atom. The number of nitrogens with two attached hydrogens (primary N) is 2. The average molecular weight is 242 g/mol. The maximum absolute atomic E-state index is 11.9. The van der Waals surface area contributed by atoms with Crippen LogP contribution in [0.2, 0.25) is 0 Å². The van der Waals surface area contributed by atoms with Gasteiger partial charge in [0.05, 0.1) is 12.5 Å². The van der Waals surface area contributed by atoms with Gasteiger partial charge >= 0.3 is 0 Å². The second-order valence-corrected chi connectivity index (χ2v) is 4.61. The van der Waals surface area contributed by atoms with Crippen LogP contribution in [0.3, 0.4) is 0 Å². The van der Waals surface area contributed by atoms with E-state index in [1.807, 2.05) is 11.9 Å². The number of piperidine rings is 1. The second kappa shape index (κ2) is 6.56. The van der Waals surface area contributed by atoms with E-state index in [4.69, 9.17) is 11.5 Å². The zero-order valence-electron chi connectivity index (χ0n) is 10.4. The highest BCUT2D eigenvalue weighted by molar-refractivity contribution is 5.81. The van der Waals surface area contributed by atoms with Gasteiger partial charge in [0, 0.05) is 26.2 Å². The molecule has 1 atom stereocenters. The topological polar surface area (TPSA) is 92.7 Å². The summed E-state index contributed by atoms with van der Waals surface area (Å²) in [6.07, 6.45) is 1.64. The Hall–Kier alpha value is -1.14. The fraction of sp³-hybridized carbons (Fsp3) is 0.818. The first-order chi connectivity index (χ1) is 8.04. The fourth-order valence-electron chi connectivity index (χ4n) is 2.07. The molecule has 0 aliphatic carbocycles. The van der Waals surface area contributed by atoms with Crippen LogP contribution in [-0.2, 0) is 9.59 Å². The van der Waals surface area contributed by atoms with Gasteiger partial charge in [-0.05, 0) is 19.9 Å². The van der Waals surface area contributed by atoms with E-state index in [1.54, 1.807) is 4.90 Å². The molecule has 0 aromatic heterocycles. The van der Waals surface area contributed by atoms with Crippen LogP contribution >= 0.6 is 0 Å². The van der Waals surface area contributed by atoms with Crippen LogP contribution in [0.15, 0.2) is 0 Å². The van der Waals surface area contributed by atoms with E-state index in [0.29, 0.717) is 26.2 Å². The summed E-state index contributed by atoms with van der Waals surface area (Å²) in [6.45, 7) is 2.76. The van der Waals surface area contributed by atoms with Gasteiger partial charge in [-0.2, -0.15) is 0 Å². The molecule has 6 heteroatoms. The molecule has 0 aromatic rings. The molecule has 0 aromatic carbocycles. The number of amides is 2. The average Bonchev–Trinajstić information content (AvgIpc) is 2.29. The number of carbonyl (C=O) groups excluding carboxylic acids is 2. The molecule has 1 rings (SSSR count). The summed E-state index contributed by atoms with van der Waals surface area (Å²) in [5.41, 5.74) is 10.7. The third kappa shape index (κ3) is 4.32. The maximum atomic E-state index is 11.9. The molecule has 1 heterocycles. The lowest BCUT2D eigenvalue weighted by Gasteiger charge is -2.32. The van der Waals surface area contributed by atoms with Crippen LogP contribution < -0.4 is 11.5 Å². The van der Waals surface area contributed by atoms with Crippen molar-refractivity contribution in [2.24, 2.45) is 17.4 Å². The number of hydrogen-bond acceptors (Lipinski definition) is 4. The molecular formula is C11H22N4O2. The molecule has 1 aliphatic heterocycles. The van der Waals surface area contributed by atoms with Crippen molar-refractivity contribution in [3.8, 4) is 0 Å². The minimum Gasteiger partial charge on any atom is -0.369 e. The second-order valence-electron chi connectivity index (χ2n) is 4.61. The largest absolute Gasteiger partial charge is 0.369 e. The Morgan fingerprint density at radius 2 is 2.18 bits per heavy atom.